The van der Waals surface area contributed by atoms with Crippen molar-refractivity contribution in [2.45, 2.75) is 23.5 Å². The van der Waals surface area contributed by atoms with Crippen LogP contribution in [-0.4, -0.2) is 41.3 Å². The molecule has 0 spiro atoms. The standard InChI is InChI=1S/C20H18F2N4O6S/c21-15-1-6-18(19(22)7-15)20(11-25-13-23-12-24-25)8-14(9-31-20)10-32-33(29,30)17-4-2-16(3-5-17)26(27)28/h1-7,12-14H,8-11H2/t14-,20-/m0/s1. The van der Waals surface area contributed by atoms with Crippen LogP contribution in [0.15, 0.2) is 60.0 Å². The predicted octanol–water partition coefficient (Wildman–Crippen LogP) is 2.80. The predicted molar refractivity (Wildman–Crippen MR) is 108 cm³/mol. The molecule has 0 radical (unpaired) electrons. The van der Waals surface area contributed by atoms with Gasteiger partial charge in [-0.25, -0.2) is 18.4 Å². The first-order valence-electron chi connectivity index (χ1n) is 9.74. The summed E-state index contributed by atoms with van der Waals surface area (Å²) in [6.45, 7) is -0.135. The number of nitrogens with zero attached hydrogens (tertiary/aromatic N) is 4. The van der Waals surface area contributed by atoms with E-state index >= 15 is 0 Å². The SMILES string of the molecule is O=[N+]([O-])c1ccc(S(=O)(=O)OC[C@@H]2CO[C@@](Cn3cncn3)(c3ccc(F)cc3F)C2)cc1. The molecule has 2 aromatic carbocycles. The van der Waals surface area contributed by atoms with Crippen LogP contribution >= 0.6 is 0 Å². The summed E-state index contributed by atoms with van der Waals surface area (Å²) >= 11 is 0. The summed E-state index contributed by atoms with van der Waals surface area (Å²) in [5.74, 6) is -1.97. The fourth-order valence-electron chi connectivity index (χ4n) is 3.78. The Labute approximate surface area is 187 Å². The van der Waals surface area contributed by atoms with Gasteiger partial charge in [0.05, 0.1) is 29.6 Å². The molecule has 0 amide bonds. The van der Waals surface area contributed by atoms with Gasteiger partial charge >= 0.3 is 0 Å². The van der Waals surface area contributed by atoms with Crippen LogP contribution in [0.25, 0.3) is 0 Å². The van der Waals surface area contributed by atoms with Crippen molar-refractivity contribution in [1.82, 2.24) is 14.8 Å². The van der Waals surface area contributed by atoms with Gasteiger partial charge in [-0.05, 0) is 24.6 Å². The molecule has 2 atom stereocenters. The zero-order chi connectivity index (χ0) is 23.6. The van der Waals surface area contributed by atoms with Crippen molar-refractivity contribution in [3.05, 3.63) is 82.4 Å². The summed E-state index contributed by atoms with van der Waals surface area (Å²) in [6.07, 6.45) is 2.90. The first-order valence-corrected chi connectivity index (χ1v) is 11.2. The number of benzene rings is 2. The third kappa shape index (κ3) is 4.89. The molecule has 0 saturated carbocycles. The van der Waals surface area contributed by atoms with E-state index in [4.69, 9.17) is 8.92 Å². The van der Waals surface area contributed by atoms with E-state index < -0.39 is 38.2 Å². The van der Waals surface area contributed by atoms with Crippen LogP contribution in [0.4, 0.5) is 14.5 Å². The van der Waals surface area contributed by atoms with Gasteiger partial charge in [0.25, 0.3) is 15.8 Å². The topological polar surface area (TPSA) is 126 Å². The lowest BCUT2D eigenvalue weighted by atomic mass is 9.87. The molecule has 10 nitrogen and oxygen atoms in total. The molecule has 4 rings (SSSR count). The Balaban J connectivity index is 1.51. The highest BCUT2D eigenvalue weighted by Crippen LogP contribution is 2.42. The second-order valence-corrected chi connectivity index (χ2v) is 9.20. The Morgan fingerprint density at radius 1 is 1.24 bits per heavy atom. The molecule has 174 valence electrons. The Kier molecular flexibility index (Phi) is 6.19. The van der Waals surface area contributed by atoms with Crippen LogP contribution in [0.1, 0.15) is 12.0 Å². The first kappa shape index (κ1) is 22.9. The zero-order valence-corrected chi connectivity index (χ0v) is 17.8. The minimum absolute atomic E-state index is 0.0568. The molecule has 3 aromatic rings. The highest BCUT2D eigenvalue weighted by atomic mass is 32.2. The average molecular weight is 480 g/mol. The monoisotopic (exact) mass is 480 g/mol. The summed E-state index contributed by atoms with van der Waals surface area (Å²) < 4.78 is 65.6. The van der Waals surface area contributed by atoms with E-state index in [1.807, 2.05) is 0 Å². The minimum atomic E-state index is -4.19. The van der Waals surface area contributed by atoms with Gasteiger partial charge in [-0.1, -0.05) is 6.07 Å². The van der Waals surface area contributed by atoms with Crippen molar-refractivity contribution in [3.63, 3.8) is 0 Å². The molecule has 0 N–H and O–H groups in total. The number of hydrogen-bond donors (Lipinski definition) is 0. The Morgan fingerprint density at radius 2 is 2.00 bits per heavy atom. The van der Waals surface area contributed by atoms with Crippen molar-refractivity contribution in [2.24, 2.45) is 5.92 Å². The molecule has 1 aliphatic rings. The molecule has 1 saturated heterocycles. The molecule has 0 bridgehead atoms. The van der Waals surface area contributed by atoms with Crippen LogP contribution < -0.4 is 0 Å². The van der Waals surface area contributed by atoms with Crippen LogP contribution in [0.3, 0.4) is 0 Å². The zero-order valence-electron chi connectivity index (χ0n) is 17.0. The van der Waals surface area contributed by atoms with E-state index in [0.717, 1.165) is 36.4 Å². The number of aromatic nitrogens is 3. The molecule has 0 aliphatic carbocycles. The Hall–Kier alpha value is -3.29. The van der Waals surface area contributed by atoms with Crippen LogP contribution in [0, 0.1) is 27.7 Å². The van der Waals surface area contributed by atoms with Gasteiger partial charge in [0.1, 0.15) is 29.9 Å². The minimum Gasteiger partial charge on any atom is -0.368 e. The molecule has 13 heteroatoms. The van der Waals surface area contributed by atoms with Crippen molar-refractivity contribution in [1.29, 1.82) is 0 Å². The fourth-order valence-corrected chi connectivity index (χ4v) is 4.75. The lowest BCUT2D eigenvalue weighted by molar-refractivity contribution is -0.384. The van der Waals surface area contributed by atoms with E-state index in [9.17, 15) is 27.3 Å². The van der Waals surface area contributed by atoms with Gasteiger partial charge in [-0.15, -0.1) is 0 Å². The van der Waals surface area contributed by atoms with E-state index in [2.05, 4.69) is 10.1 Å². The van der Waals surface area contributed by atoms with Gasteiger partial charge in [-0.2, -0.15) is 13.5 Å². The summed E-state index contributed by atoms with van der Waals surface area (Å²) in [6, 6.07) is 7.46. The third-order valence-electron chi connectivity index (χ3n) is 5.31. The summed E-state index contributed by atoms with van der Waals surface area (Å²) in [5.41, 5.74) is -1.38. The lowest BCUT2D eigenvalue weighted by Gasteiger charge is -2.29. The molecular formula is C20H18F2N4O6S. The lowest BCUT2D eigenvalue weighted by Crippen LogP contribution is -2.32. The van der Waals surface area contributed by atoms with E-state index in [-0.39, 0.29) is 42.3 Å². The smallest absolute Gasteiger partial charge is 0.296 e. The van der Waals surface area contributed by atoms with Crippen LogP contribution in [0.5, 0.6) is 0 Å². The summed E-state index contributed by atoms with van der Waals surface area (Å²) in [5, 5.41) is 14.8. The van der Waals surface area contributed by atoms with E-state index in [1.54, 1.807) is 0 Å². The van der Waals surface area contributed by atoms with Gasteiger partial charge < -0.3 is 4.74 Å². The quantitative estimate of drug-likeness (QED) is 0.274. The van der Waals surface area contributed by atoms with Crippen molar-refractivity contribution < 1.29 is 31.0 Å². The number of nitro benzene ring substituents is 1. The van der Waals surface area contributed by atoms with Crippen molar-refractivity contribution in [3.8, 4) is 0 Å². The molecular weight excluding hydrogens is 462 g/mol. The van der Waals surface area contributed by atoms with E-state index in [0.29, 0.717) is 0 Å². The molecule has 2 heterocycles. The maximum Gasteiger partial charge on any atom is 0.296 e. The van der Waals surface area contributed by atoms with Crippen molar-refractivity contribution in [2.75, 3.05) is 13.2 Å². The number of rotatable bonds is 8. The number of nitro groups is 1. The third-order valence-corrected chi connectivity index (χ3v) is 6.61. The average Bonchev–Trinajstić information content (AvgIpc) is 3.43. The van der Waals surface area contributed by atoms with Gasteiger partial charge in [0.15, 0.2) is 0 Å². The van der Waals surface area contributed by atoms with Crippen LogP contribution in [0.2, 0.25) is 0 Å². The Morgan fingerprint density at radius 3 is 2.64 bits per heavy atom. The molecule has 1 aliphatic heterocycles. The Bertz CT molecular complexity index is 1250. The fraction of sp³-hybridized carbons (Fsp3) is 0.300. The summed E-state index contributed by atoms with van der Waals surface area (Å²) in [7, 11) is -4.19. The molecule has 1 aromatic heterocycles. The first-order chi connectivity index (χ1) is 15.7. The number of non-ortho nitro benzene ring substituents is 1. The maximum absolute atomic E-state index is 14.6. The molecule has 33 heavy (non-hydrogen) atoms. The van der Waals surface area contributed by atoms with Crippen molar-refractivity contribution >= 4 is 15.8 Å². The van der Waals surface area contributed by atoms with Gasteiger partial charge in [0.2, 0.25) is 0 Å². The highest BCUT2D eigenvalue weighted by Gasteiger charge is 2.45. The largest absolute Gasteiger partial charge is 0.368 e. The second kappa shape index (κ2) is 8.92. The summed E-state index contributed by atoms with van der Waals surface area (Å²) in [4.78, 5) is 13.7. The molecule has 0 unspecified atom stereocenters. The molecule has 1 fully saturated rings. The second-order valence-electron chi connectivity index (χ2n) is 7.58. The normalized spacial score (nSPS) is 20.7. The van der Waals surface area contributed by atoms with Gasteiger partial charge in [0, 0.05) is 29.7 Å². The maximum atomic E-state index is 14.6. The van der Waals surface area contributed by atoms with Gasteiger partial charge in [-0.3, -0.25) is 14.3 Å². The number of ether oxygens (including phenoxy) is 1. The number of hydrogen-bond acceptors (Lipinski definition) is 8. The highest BCUT2D eigenvalue weighted by molar-refractivity contribution is 7.86. The number of halogens is 2. The van der Waals surface area contributed by atoms with Crippen LogP contribution in [-0.2, 0) is 31.2 Å². The van der Waals surface area contributed by atoms with E-state index in [1.165, 1.54) is 23.4 Å².